The van der Waals surface area contributed by atoms with Crippen molar-refractivity contribution in [1.82, 2.24) is 4.98 Å². The van der Waals surface area contributed by atoms with Crippen LogP contribution in [0.1, 0.15) is 18.5 Å². The maximum absolute atomic E-state index is 6.01. The molecule has 0 spiro atoms. The average molecular weight is 178 g/mol. The fourth-order valence-corrected chi connectivity index (χ4v) is 1.41. The standard InChI is InChI=1S/C10H14N2O/c1-13-9-3-2-6-12-8(9)7-10(11)4-5-10/h2-3,6H,4-5,7,11H2,1H3. The Balaban J connectivity index is 2.18. The summed E-state index contributed by atoms with van der Waals surface area (Å²) in [4.78, 5) is 4.27. The van der Waals surface area contributed by atoms with Crippen molar-refractivity contribution in [2.45, 2.75) is 24.8 Å². The normalized spacial score (nSPS) is 18.3. The largest absolute Gasteiger partial charge is 0.495 e. The maximum atomic E-state index is 6.01. The summed E-state index contributed by atoms with van der Waals surface area (Å²) in [6, 6.07) is 3.80. The number of ether oxygens (including phenoxy) is 1. The molecule has 1 aliphatic carbocycles. The summed E-state index contributed by atoms with van der Waals surface area (Å²) in [6.45, 7) is 0. The summed E-state index contributed by atoms with van der Waals surface area (Å²) >= 11 is 0. The van der Waals surface area contributed by atoms with Gasteiger partial charge in [0.25, 0.3) is 0 Å². The summed E-state index contributed by atoms with van der Waals surface area (Å²) in [5, 5.41) is 0. The summed E-state index contributed by atoms with van der Waals surface area (Å²) in [5.41, 5.74) is 6.99. The second-order valence-corrected chi connectivity index (χ2v) is 3.69. The van der Waals surface area contributed by atoms with Crippen LogP contribution in [0.5, 0.6) is 5.75 Å². The Labute approximate surface area is 77.9 Å². The van der Waals surface area contributed by atoms with Crippen LogP contribution in [0, 0.1) is 0 Å². The Kier molecular flexibility index (Phi) is 1.96. The quantitative estimate of drug-likeness (QED) is 0.754. The van der Waals surface area contributed by atoms with Crippen LogP contribution in [0.25, 0.3) is 0 Å². The number of nitrogens with two attached hydrogens (primary N) is 1. The number of hydrogen-bond acceptors (Lipinski definition) is 3. The van der Waals surface area contributed by atoms with Gasteiger partial charge >= 0.3 is 0 Å². The zero-order chi connectivity index (χ0) is 9.31. The lowest BCUT2D eigenvalue weighted by atomic mass is 10.1. The lowest BCUT2D eigenvalue weighted by Crippen LogP contribution is -2.25. The van der Waals surface area contributed by atoms with Gasteiger partial charge in [0.05, 0.1) is 12.8 Å². The first-order valence-electron chi connectivity index (χ1n) is 4.50. The van der Waals surface area contributed by atoms with E-state index in [-0.39, 0.29) is 5.54 Å². The van der Waals surface area contributed by atoms with E-state index in [1.807, 2.05) is 12.1 Å². The minimum absolute atomic E-state index is 0.00162. The molecular formula is C10H14N2O. The van der Waals surface area contributed by atoms with Crippen LogP contribution >= 0.6 is 0 Å². The topological polar surface area (TPSA) is 48.1 Å². The van der Waals surface area contributed by atoms with Crippen LogP contribution in [0.4, 0.5) is 0 Å². The fourth-order valence-electron chi connectivity index (χ4n) is 1.41. The van der Waals surface area contributed by atoms with Crippen molar-refractivity contribution in [3.8, 4) is 5.75 Å². The van der Waals surface area contributed by atoms with Gasteiger partial charge in [-0.3, -0.25) is 4.98 Å². The molecule has 13 heavy (non-hydrogen) atoms. The predicted octanol–water partition coefficient (Wildman–Crippen LogP) is 1.12. The molecule has 0 saturated heterocycles. The van der Waals surface area contributed by atoms with E-state index in [4.69, 9.17) is 10.5 Å². The SMILES string of the molecule is COc1cccnc1CC1(N)CC1. The molecule has 1 fully saturated rings. The van der Waals surface area contributed by atoms with Crippen molar-refractivity contribution in [1.29, 1.82) is 0 Å². The number of nitrogens with zero attached hydrogens (tertiary/aromatic N) is 1. The van der Waals surface area contributed by atoms with E-state index in [1.165, 1.54) is 0 Å². The molecule has 1 aliphatic rings. The monoisotopic (exact) mass is 178 g/mol. The van der Waals surface area contributed by atoms with Gasteiger partial charge in [-0.05, 0) is 25.0 Å². The van der Waals surface area contributed by atoms with E-state index in [0.29, 0.717) is 0 Å². The number of methoxy groups -OCH3 is 1. The van der Waals surface area contributed by atoms with E-state index >= 15 is 0 Å². The van der Waals surface area contributed by atoms with E-state index in [9.17, 15) is 0 Å². The van der Waals surface area contributed by atoms with Crippen LogP contribution in [-0.2, 0) is 6.42 Å². The van der Waals surface area contributed by atoms with E-state index in [2.05, 4.69) is 4.98 Å². The molecule has 1 aromatic rings. The highest BCUT2D eigenvalue weighted by Crippen LogP contribution is 2.36. The molecular weight excluding hydrogens is 164 g/mol. The van der Waals surface area contributed by atoms with Gasteiger partial charge in [0.1, 0.15) is 5.75 Å². The highest BCUT2D eigenvalue weighted by molar-refractivity contribution is 5.29. The Morgan fingerprint density at radius 1 is 1.62 bits per heavy atom. The van der Waals surface area contributed by atoms with Crippen molar-refractivity contribution in [2.75, 3.05) is 7.11 Å². The molecule has 70 valence electrons. The predicted molar refractivity (Wildman–Crippen MR) is 50.6 cm³/mol. The summed E-state index contributed by atoms with van der Waals surface area (Å²) in [5.74, 6) is 0.847. The van der Waals surface area contributed by atoms with Crippen LogP contribution in [0.3, 0.4) is 0 Å². The Morgan fingerprint density at radius 3 is 3.00 bits per heavy atom. The van der Waals surface area contributed by atoms with Gasteiger partial charge < -0.3 is 10.5 Å². The van der Waals surface area contributed by atoms with Crippen molar-refractivity contribution in [2.24, 2.45) is 5.73 Å². The average Bonchev–Trinajstić information content (AvgIpc) is 2.84. The van der Waals surface area contributed by atoms with Crippen LogP contribution in [0.15, 0.2) is 18.3 Å². The number of rotatable bonds is 3. The summed E-state index contributed by atoms with van der Waals surface area (Å²) in [7, 11) is 1.66. The molecule has 0 bridgehead atoms. The Morgan fingerprint density at radius 2 is 2.38 bits per heavy atom. The van der Waals surface area contributed by atoms with E-state index < -0.39 is 0 Å². The first kappa shape index (κ1) is 8.51. The molecule has 0 atom stereocenters. The third-order valence-corrected chi connectivity index (χ3v) is 2.48. The van der Waals surface area contributed by atoms with Gasteiger partial charge in [-0.1, -0.05) is 0 Å². The molecule has 0 aliphatic heterocycles. The molecule has 1 saturated carbocycles. The van der Waals surface area contributed by atoms with Crippen LogP contribution in [0.2, 0.25) is 0 Å². The molecule has 0 aromatic carbocycles. The third kappa shape index (κ3) is 1.80. The smallest absolute Gasteiger partial charge is 0.140 e. The minimum Gasteiger partial charge on any atom is -0.495 e. The molecule has 3 nitrogen and oxygen atoms in total. The molecule has 0 radical (unpaired) electrons. The molecule has 2 N–H and O–H groups in total. The summed E-state index contributed by atoms with van der Waals surface area (Å²) in [6.07, 6.45) is 4.82. The lowest BCUT2D eigenvalue weighted by molar-refractivity contribution is 0.404. The maximum Gasteiger partial charge on any atom is 0.140 e. The van der Waals surface area contributed by atoms with Crippen molar-refractivity contribution in [3.63, 3.8) is 0 Å². The fraction of sp³-hybridized carbons (Fsp3) is 0.500. The van der Waals surface area contributed by atoms with Crippen molar-refractivity contribution in [3.05, 3.63) is 24.0 Å². The lowest BCUT2D eigenvalue weighted by Gasteiger charge is -2.10. The molecule has 3 heteroatoms. The number of hydrogen-bond donors (Lipinski definition) is 1. The van der Waals surface area contributed by atoms with Gasteiger partial charge in [-0.15, -0.1) is 0 Å². The molecule has 1 heterocycles. The van der Waals surface area contributed by atoms with E-state index in [1.54, 1.807) is 13.3 Å². The second kappa shape index (κ2) is 3.00. The van der Waals surface area contributed by atoms with Gasteiger partial charge in [-0.2, -0.15) is 0 Å². The Bertz CT molecular complexity index is 308. The Hall–Kier alpha value is -1.09. The first-order chi connectivity index (χ1) is 6.23. The number of aromatic nitrogens is 1. The van der Waals surface area contributed by atoms with Crippen molar-refractivity contribution >= 4 is 0 Å². The molecule has 0 unspecified atom stereocenters. The van der Waals surface area contributed by atoms with Crippen LogP contribution < -0.4 is 10.5 Å². The highest BCUT2D eigenvalue weighted by Gasteiger charge is 2.39. The van der Waals surface area contributed by atoms with Gasteiger partial charge in [0.15, 0.2) is 0 Å². The molecule has 1 aromatic heterocycles. The summed E-state index contributed by atoms with van der Waals surface area (Å²) < 4.78 is 5.20. The van der Waals surface area contributed by atoms with Crippen molar-refractivity contribution < 1.29 is 4.74 Å². The minimum atomic E-state index is 0.00162. The molecule has 0 amide bonds. The second-order valence-electron chi connectivity index (χ2n) is 3.69. The van der Waals surface area contributed by atoms with Crippen LogP contribution in [-0.4, -0.2) is 17.6 Å². The zero-order valence-corrected chi connectivity index (χ0v) is 7.79. The number of pyridine rings is 1. The van der Waals surface area contributed by atoms with Gasteiger partial charge in [0, 0.05) is 18.2 Å². The molecule has 2 rings (SSSR count). The van der Waals surface area contributed by atoms with Gasteiger partial charge in [0.2, 0.25) is 0 Å². The zero-order valence-electron chi connectivity index (χ0n) is 7.79. The van der Waals surface area contributed by atoms with Gasteiger partial charge in [-0.25, -0.2) is 0 Å². The highest BCUT2D eigenvalue weighted by atomic mass is 16.5. The van der Waals surface area contributed by atoms with E-state index in [0.717, 1.165) is 30.7 Å². The first-order valence-corrected chi connectivity index (χ1v) is 4.50. The third-order valence-electron chi connectivity index (χ3n) is 2.48.